The largest absolute Gasteiger partial charge is 0.451 e. The van der Waals surface area contributed by atoms with Crippen LogP contribution in [0.5, 0.6) is 0 Å². The summed E-state index contributed by atoms with van der Waals surface area (Å²) in [7, 11) is 0. The number of nitrogens with one attached hydrogen (secondary N) is 2. The summed E-state index contributed by atoms with van der Waals surface area (Å²) in [6.07, 6.45) is 0. The van der Waals surface area contributed by atoms with Crippen molar-refractivity contribution in [1.29, 1.82) is 0 Å². The second-order valence-corrected chi connectivity index (χ2v) is 6.97. The van der Waals surface area contributed by atoms with Gasteiger partial charge in [0.15, 0.2) is 11.3 Å². The molecule has 2 amide bonds. The van der Waals surface area contributed by atoms with Crippen molar-refractivity contribution < 1.29 is 18.4 Å². The van der Waals surface area contributed by atoms with Gasteiger partial charge in [0.05, 0.1) is 5.02 Å². The highest BCUT2D eigenvalue weighted by Crippen LogP contribution is 2.32. The third-order valence-electron chi connectivity index (χ3n) is 3.95. The Morgan fingerprint density at radius 3 is 2.59 bits per heavy atom. The van der Waals surface area contributed by atoms with Gasteiger partial charge in [-0.15, -0.1) is 0 Å². The minimum absolute atomic E-state index is 0.00344. The lowest BCUT2D eigenvalue weighted by atomic mass is 10.2. The molecule has 29 heavy (non-hydrogen) atoms. The molecule has 0 atom stereocenters. The van der Waals surface area contributed by atoms with Crippen LogP contribution in [0.2, 0.25) is 10.0 Å². The number of oxazole rings is 1. The number of furan rings is 1. The number of hydrogen-bond donors (Lipinski definition) is 2. The lowest BCUT2D eigenvalue weighted by Crippen LogP contribution is -2.10. The number of benzene rings is 2. The molecule has 0 fully saturated rings. The van der Waals surface area contributed by atoms with E-state index in [0.29, 0.717) is 38.2 Å². The summed E-state index contributed by atoms with van der Waals surface area (Å²) in [6, 6.07) is 13.1. The fourth-order valence-corrected chi connectivity index (χ4v) is 3.09. The van der Waals surface area contributed by atoms with Crippen LogP contribution in [0.1, 0.15) is 17.5 Å². The van der Waals surface area contributed by atoms with Gasteiger partial charge >= 0.3 is 6.01 Å². The van der Waals surface area contributed by atoms with E-state index in [0.717, 1.165) is 0 Å². The van der Waals surface area contributed by atoms with Crippen molar-refractivity contribution in [3.05, 3.63) is 64.3 Å². The number of aromatic nitrogens is 1. The minimum atomic E-state index is -0.539. The van der Waals surface area contributed by atoms with Crippen molar-refractivity contribution in [1.82, 2.24) is 4.98 Å². The molecule has 0 unspecified atom stereocenters. The zero-order chi connectivity index (χ0) is 20.5. The van der Waals surface area contributed by atoms with Crippen molar-refractivity contribution in [2.75, 3.05) is 10.6 Å². The molecule has 9 heteroatoms. The fraction of sp³-hybridized carbons (Fsp3) is 0.0500. The van der Waals surface area contributed by atoms with E-state index in [1.165, 1.54) is 13.0 Å². The molecular formula is C20H13Cl2N3O4. The lowest BCUT2D eigenvalue weighted by Gasteiger charge is -2.01. The summed E-state index contributed by atoms with van der Waals surface area (Å²) in [5.41, 5.74) is 2.08. The van der Waals surface area contributed by atoms with E-state index in [4.69, 9.17) is 32.0 Å². The highest BCUT2D eigenvalue weighted by Gasteiger charge is 2.17. The number of nitrogens with zero attached hydrogens (tertiary/aromatic N) is 1. The van der Waals surface area contributed by atoms with Gasteiger partial charge in [0.25, 0.3) is 5.91 Å². The van der Waals surface area contributed by atoms with E-state index < -0.39 is 5.91 Å². The van der Waals surface area contributed by atoms with Gasteiger partial charge in [-0.1, -0.05) is 23.2 Å². The Kier molecular flexibility index (Phi) is 5.00. The van der Waals surface area contributed by atoms with Crippen molar-refractivity contribution >= 4 is 57.8 Å². The van der Waals surface area contributed by atoms with Crippen molar-refractivity contribution in [3.8, 4) is 11.3 Å². The van der Waals surface area contributed by atoms with Gasteiger partial charge in [0.2, 0.25) is 5.91 Å². The van der Waals surface area contributed by atoms with Crippen LogP contribution in [-0.4, -0.2) is 16.8 Å². The summed E-state index contributed by atoms with van der Waals surface area (Å²) in [4.78, 5) is 27.8. The quantitative estimate of drug-likeness (QED) is 0.439. The molecule has 0 saturated heterocycles. The Labute approximate surface area is 174 Å². The van der Waals surface area contributed by atoms with E-state index >= 15 is 0 Å². The first-order valence-electron chi connectivity index (χ1n) is 8.44. The molecule has 4 rings (SSSR count). The van der Waals surface area contributed by atoms with E-state index in [1.807, 2.05) is 0 Å². The number of carbonyl (C=O) groups is 2. The van der Waals surface area contributed by atoms with Crippen LogP contribution in [-0.2, 0) is 4.79 Å². The number of hydrogen-bond acceptors (Lipinski definition) is 5. The van der Waals surface area contributed by atoms with Crippen LogP contribution in [0.25, 0.3) is 22.4 Å². The molecule has 0 aliphatic rings. The monoisotopic (exact) mass is 429 g/mol. The first-order valence-corrected chi connectivity index (χ1v) is 9.19. The second-order valence-electron chi connectivity index (χ2n) is 6.12. The summed E-state index contributed by atoms with van der Waals surface area (Å²) in [6.45, 7) is 1.41. The summed E-state index contributed by atoms with van der Waals surface area (Å²) >= 11 is 12.2. The third-order valence-corrected chi connectivity index (χ3v) is 4.52. The highest BCUT2D eigenvalue weighted by atomic mass is 35.5. The van der Waals surface area contributed by atoms with Crippen LogP contribution in [0, 0.1) is 0 Å². The Hall–Kier alpha value is -3.29. The number of amides is 2. The van der Waals surface area contributed by atoms with Gasteiger partial charge in [-0.05, 0) is 42.5 Å². The molecule has 2 aromatic heterocycles. The SMILES string of the molecule is CC(=O)Nc1ccc2nc(NC(=O)c3ccc(-c4cc(Cl)ccc4Cl)o3)oc2c1. The molecule has 0 saturated carbocycles. The maximum Gasteiger partial charge on any atom is 0.302 e. The summed E-state index contributed by atoms with van der Waals surface area (Å²) < 4.78 is 11.1. The van der Waals surface area contributed by atoms with Gasteiger partial charge in [0, 0.05) is 29.3 Å². The van der Waals surface area contributed by atoms with Crippen LogP contribution in [0.4, 0.5) is 11.7 Å². The Morgan fingerprint density at radius 2 is 1.79 bits per heavy atom. The number of fused-ring (bicyclic) bond motifs is 1. The van der Waals surface area contributed by atoms with Gasteiger partial charge in [-0.3, -0.25) is 14.9 Å². The van der Waals surface area contributed by atoms with Gasteiger partial charge in [-0.25, -0.2) is 0 Å². The molecule has 0 aliphatic heterocycles. The molecule has 0 aliphatic carbocycles. The van der Waals surface area contributed by atoms with Gasteiger partial charge in [0.1, 0.15) is 11.3 Å². The average molecular weight is 430 g/mol. The maximum atomic E-state index is 12.5. The van der Waals surface area contributed by atoms with E-state index in [9.17, 15) is 9.59 Å². The fourth-order valence-electron chi connectivity index (χ4n) is 2.71. The van der Waals surface area contributed by atoms with Crippen LogP contribution in [0.15, 0.2) is 57.4 Å². The smallest absolute Gasteiger partial charge is 0.302 e. The van der Waals surface area contributed by atoms with E-state index in [-0.39, 0.29) is 17.7 Å². The topological polar surface area (TPSA) is 97.4 Å². The van der Waals surface area contributed by atoms with Gasteiger partial charge < -0.3 is 14.2 Å². The highest BCUT2D eigenvalue weighted by molar-refractivity contribution is 6.35. The number of anilines is 2. The first-order chi connectivity index (χ1) is 13.9. The minimum Gasteiger partial charge on any atom is -0.451 e. The maximum absolute atomic E-state index is 12.5. The molecule has 0 spiro atoms. The number of rotatable bonds is 4. The summed E-state index contributed by atoms with van der Waals surface area (Å²) in [5.74, 6) is -0.286. The zero-order valence-corrected chi connectivity index (χ0v) is 16.5. The van der Waals surface area contributed by atoms with E-state index in [1.54, 1.807) is 42.5 Å². The van der Waals surface area contributed by atoms with Gasteiger partial charge in [-0.2, -0.15) is 4.98 Å². The number of carbonyl (C=O) groups excluding carboxylic acids is 2. The van der Waals surface area contributed by atoms with E-state index in [2.05, 4.69) is 15.6 Å². The van der Waals surface area contributed by atoms with Crippen LogP contribution < -0.4 is 10.6 Å². The second kappa shape index (κ2) is 7.62. The van der Waals surface area contributed by atoms with Crippen molar-refractivity contribution in [2.24, 2.45) is 0 Å². The Morgan fingerprint density at radius 1 is 0.966 bits per heavy atom. The Balaban J connectivity index is 1.54. The van der Waals surface area contributed by atoms with Crippen LogP contribution >= 0.6 is 23.2 Å². The third kappa shape index (κ3) is 4.11. The molecule has 2 N–H and O–H groups in total. The normalized spacial score (nSPS) is 10.9. The van der Waals surface area contributed by atoms with Crippen molar-refractivity contribution in [2.45, 2.75) is 6.92 Å². The predicted molar refractivity (Wildman–Crippen MR) is 110 cm³/mol. The average Bonchev–Trinajstić information content (AvgIpc) is 3.29. The van der Waals surface area contributed by atoms with Crippen molar-refractivity contribution in [3.63, 3.8) is 0 Å². The molecule has 2 heterocycles. The zero-order valence-electron chi connectivity index (χ0n) is 15.0. The molecule has 0 radical (unpaired) electrons. The first kappa shape index (κ1) is 19.0. The molecule has 7 nitrogen and oxygen atoms in total. The molecular weight excluding hydrogens is 417 g/mol. The number of halogens is 2. The molecule has 0 bridgehead atoms. The predicted octanol–water partition coefficient (Wildman–Crippen LogP) is 5.61. The lowest BCUT2D eigenvalue weighted by molar-refractivity contribution is -0.114. The molecule has 2 aromatic carbocycles. The summed E-state index contributed by atoms with van der Waals surface area (Å²) in [5, 5.41) is 6.14. The standard InChI is InChI=1S/C20H13Cl2N3O4/c1-10(26)23-12-3-5-15-18(9-12)29-20(24-15)25-19(27)17-7-6-16(28-17)13-8-11(21)2-4-14(13)22/h2-9H,1H3,(H,23,26)(H,24,25,27). The van der Waals surface area contributed by atoms with Crippen LogP contribution in [0.3, 0.4) is 0 Å². The Bertz CT molecular complexity index is 1250. The molecule has 146 valence electrons. The molecule has 4 aromatic rings.